The molecule has 0 aromatic heterocycles. The molecule has 2 aromatic rings. The third-order valence-electron chi connectivity index (χ3n) is 4.74. The molecule has 0 aliphatic carbocycles. The summed E-state index contributed by atoms with van der Waals surface area (Å²) in [6, 6.07) is 17.7. The first-order valence-electron chi connectivity index (χ1n) is 9.05. The lowest BCUT2D eigenvalue weighted by atomic mass is 10.0. The molecule has 1 saturated heterocycles. The van der Waals surface area contributed by atoms with Crippen LogP contribution in [0.3, 0.4) is 0 Å². The van der Waals surface area contributed by atoms with E-state index in [0.29, 0.717) is 44.2 Å². The summed E-state index contributed by atoms with van der Waals surface area (Å²) < 4.78 is 5.34. The Labute approximate surface area is 158 Å². The smallest absolute Gasteiger partial charge is 0.254 e. The van der Waals surface area contributed by atoms with Crippen LogP contribution in [0.4, 0.5) is 5.69 Å². The Balaban J connectivity index is 1.66. The van der Waals surface area contributed by atoms with Gasteiger partial charge in [-0.2, -0.15) is 0 Å². The number of ether oxygens (including phenoxy) is 1. The number of anilines is 1. The van der Waals surface area contributed by atoms with Gasteiger partial charge in [-0.15, -0.1) is 0 Å². The monoisotopic (exact) mass is 362 g/mol. The molecule has 6 nitrogen and oxygen atoms in total. The average Bonchev–Trinajstić information content (AvgIpc) is 2.74. The fraction of sp³-hybridized carbons (Fsp3) is 0.238. The van der Waals surface area contributed by atoms with Crippen LogP contribution >= 0.6 is 0 Å². The van der Waals surface area contributed by atoms with Crippen molar-refractivity contribution in [1.29, 1.82) is 0 Å². The molecule has 0 radical (unpaired) electrons. The normalized spacial score (nSPS) is 17.3. The van der Waals surface area contributed by atoms with Gasteiger partial charge in [0.1, 0.15) is 5.84 Å². The van der Waals surface area contributed by atoms with Crippen molar-refractivity contribution < 1.29 is 9.53 Å². The minimum absolute atomic E-state index is 0.0332. The summed E-state index contributed by atoms with van der Waals surface area (Å²) in [4.78, 5) is 21.1. The second kappa shape index (κ2) is 7.63. The molecule has 6 heteroatoms. The number of rotatable bonds is 3. The Morgan fingerprint density at radius 2 is 1.81 bits per heavy atom. The van der Waals surface area contributed by atoms with E-state index in [4.69, 9.17) is 10.5 Å². The number of carbonyl (C=O) groups is 1. The zero-order chi connectivity index (χ0) is 18.6. The van der Waals surface area contributed by atoms with Gasteiger partial charge in [0.05, 0.1) is 31.7 Å². The average molecular weight is 362 g/mol. The van der Waals surface area contributed by atoms with E-state index in [1.807, 2.05) is 59.5 Å². The predicted octanol–water partition coefficient (Wildman–Crippen LogP) is 2.33. The Kier molecular flexibility index (Phi) is 4.89. The van der Waals surface area contributed by atoms with E-state index < -0.39 is 0 Å². The van der Waals surface area contributed by atoms with Crippen molar-refractivity contribution in [2.45, 2.75) is 0 Å². The van der Waals surface area contributed by atoms with Crippen LogP contribution < -0.4 is 10.6 Å². The van der Waals surface area contributed by atoms with E-state index in [1.165, 1.54) is 0 Å². The van der Waals surface area contributed by atoms with Crippen LogP contribution in [0.2, 0.25) is 0 Å². The molecular formula is C21H22N4O2. The lowest BCUT2D eigenvalue weighted by Gasteiger charge is -2.30. The Morgan fingerprint density at radius 3 is 2.59 bits per heavy atom. The minimum atomic E-state index is 0.0332. The number of aliphatic imine (C=N–C) groups is 1. The van der Waals surface area contributed by atoms with Crippen molar-refractivity contribution in [2.24, 2.45) is 10.7 Å². The SMILES string of the molecule is NC1=NC=C(c2cccc(C(=O)N3CCOCC3)c2)N(c2ccccc2)C1. The summed E-state index contributed by atoms with van der Waals surface area (Å²) in [5.41, 5.74) is 9.54. The summed E-state index contributed by atoms with van der Waals surface area (Å²) in [7, 11) is 0. The third kappa shape index (κ3) is 3.71. The van der Waals surface area contributed by atoms with Crippen LogP contribution in [-0.2, 0) is 4.74 Å². The maximum Gasteiger partial charge on any atom is 0.254 e. The number of hydrogen-bond acceptors (Lipinski definition) is 5. The molecule has 0 spiro atoms. The molecule has 0 atom stereocenters. The standard InChI is InChI=1S/C21H22N4O2/c22-20-15-25(18-7-2-1-3-8-18)19(14-23-20)16-5-4-6-17(13-16)21(26)24-9-11-27-12-10-24/h1-8,13-14H,9-12,15H2,(H2,22,23). The Morgan fingerprint density at radius 1 is 1.04 bits per heavy atom. The molecule has 0 bridgehead atoms. The zero-order valence-corrected chi connectivity index (χ0v) is 15.0. The first-order valence-corrected chi connectivity index (χ1v) is 9.05. The highest BCUT2D eigenvalue weighted by atomic mass is 16.5. The van der Waals surface area contributed by atoms with Crippen molar-refractivity contribution >= 4 is 23.1 Å². The number of nitrogens with zero attached hydrogens (tertiary/aromatic N) is 3. The summed E-state index contributed by atoms with van der Waals surface area (Å²) >= 11 is 0. The minimum Gasteiger partial charge on any atom is -0.386 e. The number of nitrogens with two attached hydrogens (primary N) is 1. The van der Waals surface area contributed by atoms with Crippen LogP contribution in [0.5, 0.6) is 0 Å². The molecule has 2 aliphatic rings. The molecule has 0 saturated carbocycles. The first kappa shape index (κ1) is 17.3. The molecule has 2 aliphatic heterocycles. The largest absolute Gasteiger partial charge is 0.386 e. The topological polar surface area (TPSA) is 71.2 Å². The van der Waals surface area contributed by atoms with Gasteiger partial charge in [-0.1, -0.05) is 30.3 Å². The summed E-state index contributed by atoms with van der Waals surface area (Å²) in [5, 5.41) is 0. The van der Waals surface area contributed by atoms with Gasteiger partial charge in [-0.3, -0.25) is 4.79 Å². The second-order valence-electron chi connectivity index (χ2n) is 6.54. The number of hydrogen-bond donors (Lipinski definition) is 1. The third-order valence-corrected chi connectivity index (χ3v) is 4.74. The maximum absolute atomic E-state index is 12.8. The molecule has 2 aromatic carbocycles. The van der Waals surface area contributed by atoms with E-state index in [9.17, 15) is 4.79 Å². The molecule has 0 unspecified atom stereocenters. The van der Waals surface area contributed by atoms with Crippen LogP contribution in [-0.4, -0.2) is 49.5 Å². The summed E-state index contributed by atoms with van der Waals surface area (Å²) in [5.74, 6) is 0.592. The molecule has 2 N–H and O–H groups in total. The van der Waals surface area contributed by atoms with Gasteiger partial charge in [0.15, 0.2) is 0 Å². The van der Waals surface area contributed by atoms with E-state index in [-0.39, 0.29) is 5.91 Å². The quantitative estimate of drug-likeness (QED) is 0.910. The Hall–Kier alpha value is -3.12. The van der Waals surface area contributed by atoms with E-state index >= 15 is 0 Å². The zero-order valence-electron chi connectivity index (χ0n) is 15.0. The van der Waals surface area contributed by atoms with Crippen LogP contribution in [0, 0.1) is 0 Å². The molecule has 1 amide bonds. The van der Waals surface area contributed by atoms with Crippen molar-refractivity contribution in [3.63, 3.8) is 0 Å². The van der Waals surface area contributed by atoms with Gasteiger partial charge in [0.2, 0.25) is 0 Å². The van der Waals surface area contributed by atoms with Crippen LogP contribution in [0.25, 0.3) is 5.70 Å². The predicted molar refractivity (Wildman–Crippen MR) is 107 cm³/mol. The number of amides is 1. The number of benzene rings is 2. The molecular weight excluding hydrogens is 340 g/mol. The number of amidine groups is 1. The van der Waals surface area contributed by atoms with Crippen molar-refractivity contribution in [1.82, 2.24) is 4.90 Å². The van der Waals surface area contributed by atoms with Crippen molar-refractivity contribution in [3.8, 4) is 0 Å². The van der Waals surface area contributed by atoms with Crippen LogP contribution in [0.15, 0.2) is 65.8 Å². The van der Waals surface area contributed by atoms with Gasteiger partial charge in [-0.05, 0) is 24.3 Å². The Bertz CT molecular complexity index is 886. The molecule has 138 valence electrons. The number of morpholine rings is 1. The van der Waals surface area contributed by atoms with Gasteiger partial charge >= 0.3 is 0 Å². The highest BCUT2D eigenvalue weighted by molar-refractivity contribution is 5.98. The highest BCUT2D eigenvalue weighted by Gasteiger charge is 2.22. The van der Waals surface area contributed by atoms with Gasteiger partial charge < -0.3 is 20.3 Å². The fourth-order valence-corrected chi connectivity index (χ4v) is 3.33. The number of para-hydroxylation sites is 1. The molecule has 27 heavy (non-hydrogen) atoms. The first-order chi connectivity index (χ1) is 13.2. The van der Waals surface area contributed by atoms with Gasteiger partial charge in [-0.25, -0.2) is 4.99 Å². The van der Waals surface area contributed by atoms with E-state index in [2.05, 4.69) is 9.89 Å². The molecule has 4 rings (SSSR count). The van der Waals surface area contributed by atoms with Gasteiger partial charge in [0.25, 0.3) is 5.91 Å². The second-order valence-corrected chi connectivity index (χ2v) is 6.54. The van der Waals surface area contributed by atoms with Gasteiger partial charge in [0, 0.05) is 29.9 Å². The van der Waals surface area contributed by atoms with Crippen LogP contribution in [0.1, 0.15) is 15.9 Å². The summed E-state index contributed by atoms with van der Waals surface area (Å²) in [6.07, 6.45) is 1.77. The number of carbonyl (C=O) groups excluding carboxylic acids is 1. The van der Waals surface area contributed by atoms with E-state index in [0.717, 1.165) is 16.9 Å². The lowest BCUT2D eigenvalue weighted by Crippen LogP contribution is -2.40. The highest BCUT2D eigenvalue weighted by Crippen LogP contribution is 2.28. The fourth-order valence-electron chi connectivity index (χ4n) is 3.33. The molecule has 1 fully saturated rings. The van der Waals surface area contributed by atoms with Crippen molar-refractivity contribution in [2.75, 3.05) is 37.7 Å². The van der Waals surface area contributed by atoms with Crippen molar-refractivity contribution in [3.05, 3.63) is 71.9 Å². The van der Waals surface area contributed by atoms with E-state index in [1.54, 1.807) is 6.20 Å². The lowest BCUT2D eigenvalue weighted by molar-refractivity contribution is 0.0303. The summed E-state index contributed by atoms with van der Waals surface area (Å²) in [6.45, 7) is 2.95. The molecule has 2 heterocycles. The maximum atomic E-state index is 12.8.